The fourth-order valence-corrected chi connectivity index (χ4v) is 1.33. The normalized spacial score (nSPS) is 11.7. The lowest BCUT2D eigenvalue weighted by atomic mass is 10.2. The number of aliphatic carboxylic acids is 1. The molecule has 1 rings (SSSR count). The molecule has 1 aromatic carbocycles. The molecule has 98 valence electrons. The molecule has 18 heavy (non-hydrogen) atoms. The Morgan fingerprint density at radius 3 is 2.61 bits per heavy atom. The highest BCUT2D eigenvalue weighted by molar-refractivity contribution is 5.92. The molecule has 0 aliphatic carbocycles. The molecule has 1 atom stereocenters. The summed E-state index contributed by atoms with van der Waals surface area (Å²) in [5.41, 5.74) is 0.744. The van der Waals surface area contributed by atoms with Crippen molar-refractivity contribution in [3.05, 3.63) is 29.6 Å². The number of nitrogens with one attached hydrogen (secondary N) is 2. The van der Waals surface area contributed by atoms with Gasteiger partial charge < -0.3 is 15.7 Å². The first-order valence-corrected chi connectivity index (χ1v) is 5.50. The first-order valence-electron chi connectivity index (χ1n) is 5.50. The van der Waals surface area contributed by atoms with Crippen LogP contribution >= 0.6 is 0 Å². The predicted molar refractivity (Wildman–Crippen MR) is 65.0 cm³/mol. The van der Waals surface area contributed by atoms with Gasteiger partial charge in [0.05, 0.1) is 0 Å². The van der Waals surface area contributed by atoms with E-state index in [1.54, 1.807) is 19.9 Å². The lowest BCUT2D eigenvalue weighted by Gasteiger charge is -2.13. The summed E-state index contributed by atoms with van der Waals surface area (Å²) in [5, 5.41) is 13.4. The third kappa shape index (κ3) is 3.73. The zero-order valence-corrected chi connectivity index (χ0v) is 10.2. The number of hydrogen-bond acceptors (Lipinski definition) is 2. The maximum atomic E-state index is 13.2. The Morgan fingerprint density at radius 1 is 1.44 bits per heavy atom. The maximum absolute atomic E-state index is 13.2. The van der Waals surface area contributed by atoms with Crippen molar-refractivity contribution in [3.63, 3.8) is 0 Å². The molecule has 0 aliphatic rings. The van der Waals surface area contributed by atoms with E-state index in [9.17, 15) is 14.0 Å². The molecule has 0 bridgehead atoms. The lowest BCUT2D eigenvalue weighted by molar-refractivity contribution is -0.139. The molecule has 6 heteroatoms. The van der Waals surface area contributed by atoms with Crippen LogP contribution in [0.5, 0.6) is 0 Å². The Labute approximate surface area is 104 Å². The number of hydrogen-bond donors (Lipinski definition) is 3. The second kappa shape index (κ2) is 6.00. The third-order valence-corrected chi connectivity index (χ3v) is 2.44. The van der Waals surface area contributed by atoms with Crippen LogP contribution in [0, 0.1) is 12.7 Å². The van der Waals surface area contributed by atoms with Crippen LogP contribution in [0.2, 0.25) is 0 Å². The van der Waals surface area contributed by atoms with Gasteiger partial charge in [-0.15, -0.1) is 0 Å². The largest absolute Gasteiger partial charge is 0.480 e. The SMILES string of the molecule is CC[C@@H](NC(=O)Nc1ccc(C)c(F)c1)C(=O)O. The minimum absolute atomic E-state index is 0.269. The molecule has 0 spiro atoms. The summed E-state index contributed by atoms with van der Waals surface area (Å²) >= 11 is 0. The molecular formula is C12H15FN2O3. The van der Waals surface area contributed by atoms with Gasteiger partial charge in [0.25, 0.3) is 0 Å². The average Bonchev–Trinajstić information content (AvgIpc) is 2.30. The molecule has 0 fully saturated rings. The van der Waals surface area contributed by atoms with Gasteiger partial charge in [-0.2, -0.15) is 0 Å². The van der Waals surface area contributed by atoms with Gasteiger partial charge in [-0.1, -0.05) is 13.0 Å². The minimum atomic E-state index is -1.11. The molecule has 1 aromatic rings. The maximum Gasteiger partial charge on any atom is 0.326 e. The number of urea groups is 1. The van der Waals surface area contributed by atoms with Gasteiger partial charge in [-0.25, -0.2) is 14.0 Å². The van der Waals surface area contributed by atoms with Crippen molar-refractivity contribution in [3.8, 4) is 0 Å². The van der Waals surface area contributed by atoms with Gasteiger partial charge in [0.15, 0.2) is 0 Å². The Morgan fingerprint density at radius 2 is 2.11 bits per heavy atom. The highest BCUT2D eigenvalue weighted by Crippen LogP contribution is 2.13. The number of benzene rings is 1. The van der Waals surface area contributed by atoms with Crippen molar-refractivity contribution in [1.29, 1.82) is 0 Å². The van der Waals surface area contributed by atoms with Gasteiger partial charge in [0.2, 0.25) is 0 Å². The monoisotopic (exact) mass is 254 g/mol. The second-order valence-corrected chi connectivity index (χ2v) is 3.86. The quantitative estimate of drug-likeness (QED) is 0.770. The van der Waals surface area contributed by atoms with Gasteiger partial charge in [-0.05, 0) is 31.0 Å². The summed E-state index contributed by atoms with van der Waals surface area (Å²) in [6.45, 7) is 3.25. The molecule has 3 N–H and O–H groups in total. The number of amides is 2. The van der Waals surface area contributed by atoms with E-state index in [1.165, 1.54) is 12.1 Å². The van der Waals surface area contributed by atoms with Crippen LogP contribution in [0.3, 0.4) is 0 Å². The molecule has 0 radical (unpaired) electrons. The molecule has 0 unspecified atom stereocenters. The fourth-order valence-electron chi connectivity index (χ4n) is 1.33. The number of anilines is 1. The number of carbonyl (C=O) groups excluding carboxylic acids is 1. The molecule has 0 aromatic heterocycles. The number of aryl methyl sites for hydroxylation is 1. The summed E-state index contributed by atoms with van der Waals surface area (Å²) in [7, 11) is 0. The molecule has 5 nitrogen and oxygen atoms in total. The van der Waals surface area contributed by atoms with Crippen LogP contribution in [0.25, 0.3) is 0 Å². The van der Waals surface area contributed by atoms with Crippen LogP contribution in [-0.4, -0.2) is 23.1 Å². The minimum Gasteiger partial charge on any atom is -0.480 e. The summed E-state index contributed by atoms with van der Waals surface area (Å²) in [6, 6.07) is 2.61. The van der Waals surface area contributed by atoms with E-state index in [2.05, 4.69) is 10.6 Å². The van der Waals surface area contributed by atoms with Gasteiger partial charge in [0.1, 0.15) is 11.9 Å². The van der Waals surface area contributed by atoms with Crippen LogP contribution < -0.4 is 10.6 Å². The van der Waals surface area contributed by atoms with Gasteiger partial charge in [-0.3, -0.25) is 0 Å². The van der Waals surface area contributed by atoms with E-state index >= 15 is 0 Å². The van der Waals surface area contributed by atoms with E-state index in [1.807, 2.05) is 0 Å². The highest BCUT2D eigenvalue weighted by Gasteiger charge is 2.17. The van der Waals surface area contributed by atoms with Crippen molar-refractivity contribution in [2.24, 2.45) is 0 Å². The Bertz CT molecular complexity index is 463. The van der Waals surface area contributed by atoms with E-state index in [4.69, 9.17) is 5.11 Å². The molecule has 0 saturated heterocycles. The summed E-state index contributed by atoms with van der Waals surface area (Å²) < 4.78 is 13.2. The van der Waals surface area contributed by atoms with Crippen molar-refractivity contribution in [2.45, 2.75) is 26.3 Å². The number of rotatable bonds is 4. The van der Waals surface area contributed by atoms with E-state index in [-0.39, 0.29) is 12.1 Å². The summed E-state index contributed by atoms with van der Waals surface area (Å²) in [6.07, 6.45) is 0.269. The van der Waals surface area contributed by atoms with Crippen LogP contribution in [0.15, 0.2) is 18.2 Å². The second-order valence-electron chi connectivity index (χ2n) is 3.86. The average molecular weight is 254 g/mol. The topological polar surface area (TPSA) is 78.4 Å². The molecule has 2 amide bonds. The van der Waals surface area contributed by atoms with Crippen molar-refractivity contribution < 1.29 is 19.1 Å². The van der Waals surface area contributed by atoms with Crippen LogP contribution in [0.1, 0.15) is 18.9 Å². The third-order valence-electron chi connectivity index (χ3n) is 2.44. The first-order chi connectivity index (χ1) is 8.43. The smallest absolute Gasteiger partial charge is 0.326 e. The van der Waals surface area contributed by atoms with E-state index in [0.717, 1.165) is 0 Å². The van der Waals surface area contributed by atoms with Gasteiger partial charge >= 0.3 is 12.0 Å². The predicted octanol–water partition coefficient (Wildman–Crippen LogP) is 2.12. The molecular weight excluding hydrogens is 239 g/mol. The zero-order valence-electron chi connectivity index (χ0n) is 10.2. The van der Waals surface area contributed by atoms with E-state index < -0.39 is 23.9 Å². The Hall–Kier alpha value is -2.11. The standard InChI is InChI=1S/C12H15FN2O3/c1-3-10(11(16)17)15-12(18)14-8-5-4-7(2)9(13)6-8/h4-6,10H,3H2,1-2H3,(H,16,17)(H2,14,15,18)/t10-/m1/s1. The first kappa shape index (κ1) is 14.0. The fraction of sp³-hybridized carbons (Fsp3) is 0.333. The number of halogens is 1. The number of carbonyl (C=O) groups is 2. The molecule has 0 heterocycles. The van der Waals surface area contributed by atoms with Crippen molar-refractivity contribution >= 4 is 17.7 Å². The molecule has 0 aliphatic heterocycles. The Balaban J connectivity index is 2.64. The summed E-state index contributed by atoms with van der Waals surface area (Å²) in [5.74, 6) is -1.54. The van der Waals surface area contributed by atoms with Crippen molar-refractivity contribution in [2.75, 3.05) is 5.32 Å². The lowest BCUT2D eigenvalue weighted by Crippen LogP contribution is -2.42. The zero-order chi connectivity index (χ0) is 13.7. The number of carboxylic acids is 1. The summed E-state index contributed by atoms with van der Waals surface area (Å²) in [4.78, 5) is 22.2. The van der Waals surface area contributed by atoms with Crippen molar-refractivity contribution in [1.82, 2.24) is 5.32 Å². The van der Waals surface area contributed by atoms with Crippen LogP contribution in [-0.2, 0) is 4.79 Å². The number of carboxylic acid groups (broad SMARTS) is 1. The van der Waals surface area contributed by atoms with Gasteiger partial charge in [0, 0.05) is 5.69 Å². The van der Waals surface area contributed by atoms with Crippen LogP contribution in [0.4, 0.5) is 14.9 Å². The highest BCUT2D eigenvalue weighted by atomic mass is 19.1. The molecule has 0 saturated carbocycles. The van der Waals surface area contributed by atoms with E-state index in [0.29, 0.717) is 5.56 Å². The Kier molecular flexibility index (Phi) is 4.65.